The summed E-state index contributed by atoms with van der Waals surface area (Å²) in [6, 6.07) is 1.64. The first-order valence-corrected chi connectivity index (χ1v) is 9.18. The van der Waals surface area contributed by atoms with Crippen molar-refractivity contribution in [2.24, 2.45) is 7.05 Å². The summed E-state index contributed by atoms with van der Waals surface area (Å²) >= 11 is 0. The number of hydrogen-bond donors (Lipinski definition) is 2. The van der Waals surface area contributed by atoms with Crippen LogP contribution >= 0.6 is 0 Å². The van der Waals surface area contributed by atoms with Crippen LogP contribution in [0.2, 0.25) is 0 Å². The minimum absolute atomic E-state index is 0.0495. The first-order chi connectivity index (χ1) is 13.5. The smallest absolute Gasteiger partial charge is 0.290 e. The van der Waals surface area contributed by atoms with Crippen LogP contribution in [0.4, 0.5) is 0 Å². The molecule has 1 atom stereocenters. The highest BCUT2D eigenvalue weighted by Gasteiger charge is 2.32. The Labute approximate surface area is 161 Å². The molecular formula is C18H23N5O5. The molecule has 1 aliphatic heterocycles. The molecule has 0 aromatic carbocycles. The van der Waals surface area contributed by atoms with Crippen LogP contribution in [0.15, 0.2) is 16.8 Å². The minimum Gasteiger partial charge on any atom is -0.483 e. The summed E-state index contributed by atoms with van der Waals surface area (Å²) in [6.07, 6.45) is 5.80. The van der Waals surface area contributed by atoms with Gasteiger partial charge in [-0.15, -0.1) is 0 Å². The maximum absolute atomic E-state index is 12.6. The van der Waals surface area contributed by atoms with Crippen molar-refractivity contribution in [3.63, 3.8) is 0 Å². The molecule has 2 N–H and O–H groups in total. The lowest BCUT2D eigenvalue weighted by atomic mass is 9.91. The Morgan fingerprint density at radius 3 is 2.71 bits per heavy atom. The summed E-state index contributed by atoms with van der Waals surface area (Å²) in [5.41, 5.74) is 1.65. The van der Waals surface area contributed by atoms with Crippen molar-refractivity contribution in [2.45, 2.75) is 38.1 Å². The molecule has 10 heteroatoms. The third-order valence-corrected chi connectivity index (χ3v) is 4.92. The first-order valence-electron chi connectivity index (χ1n) is 9.18. The second kappa shape index (κ2) is 8.68. The number of likely N-dealkylation sites (tertiary alicyclic amines) is 1. The maximum atomic E-state index is 12.6. The molecule has 28 heavy (non-hydrogen) atoms. The van der Waals surface area contributed by atoms with E-state index in [1.54, 1.807) is 24.0 Å². The Balaban J connectivity index is 0.000000706. The zero-order valence-electron chi connectivity index (χ0n) is 15.6. The van der Waals surface area contributed by atoms with Crippen molar-refractivity contribution in [3.05, 3.63) is 35.0 Å². The maximum Gasteiger partial charge on any atom is 0.290 e. The molecule has 2 aliphatic rings. The van der Waals surface area contributed by atoms with Crippen molar-refractivity contribution in [2.75, 3.05) is 13.1 Å². The largest absolute Gasteiger partial charge is 0.483 e. The molecule has 4 rings (SSSR count). The van der Waals surface area contributed by atoms with E-state index in [0.717, 1.165) is 43.7 Å². The molecule has 0 saturated carbocycles. The van der Waals surface area contributed by atoms with Gasteiger partial charge >= 0.3 is 0 Å². The van der Waals surface area contributed by atoms with Gasteiger partial charge in [-0.25, -0.2) is 0 Å². The van der Waals surface area contributed by atoms with Crippen molar-refractivity contribution in [1.82, 2.24) is 25.2 Å². The molecular weight excluding hydrogens is 366 g/mol. The van der Waals surface area contributed by atoms with Crippen LogP contribution in [-0.2, 0) is 24.7 Å². The average Bonchev–Trinajstić information content (AvgIpc) is 3.42. The van der Waals surface area contributed by atoms with Gasteiger partial charge in [0.2, 0.25) is 0 Å². The molecule has 150 valence electrons. The van der Waals surface area contributed by atoms with Gasteiger partial charge in [0.15, 0.2) is 5.69 Å². The number of aryl methyl sites for hydroxylation is 2. The van der Waals surface area contributed by atoms with Gasteiger partial charge in [-0.05, 0) is 31.7 Å². The van der Waals surface area contributed by atoms with E-state index in [0.29, 0.717) is 24.2 Å². The zero-order valence-corrected chi connectivity index (χ0v) is 15.6. The molecule has 0 radical (unpaired) electrons. The number of carbonyl (C=O) groups excluding carboxylic acids is 2. The van der Waals surface area contributed by atoms with Crippen molar-refractivity contribution in [1.29, 1.82) is 0 Å². The van der Waals surface area contributed by atoms with E-state index in [1.807, 2.05) is 4.90 Å². The van der Waals surface area contributed by atoms with Gasteiger partial charge in [0.1, 0.15) is 11.5 Å². The number of hydrogen-bond acceptors (Lipinski definition) is 6. The predicted octanol–water partition coefficient (Wildman–Crippen LogP) is 0.632. The van der Waals surface area contributed by atoms with Crippen molar-refractivity contribution < 1.29 is 24.0 Å². The van der Waals surface area contributed by atoms with Crippen LogP contribution in [0.1, 0.15) is 51.6 Å². The molecule has 1 aliphatic carbocycles. The van der Waals surface area contributed by atoms with Crippen molar-refractivity contribution in [3.8, 4) is 0 Å². The SMILES string of the molecule is Cn1ccc(C(=O)NC2CCc3onc(C(=O)N4CCCC4)c3C2)n1.O=CO. The van der Waals surface area contributed by atoms with E-state index in [2.05, 4.69) is 15.6 Å². The van der Waals surface area contributed by atoms with E-state index < -0.39 is 0 Å². The van der Waals surface area contributed by atoms with Crippen LogP contribution in [-0.4, -0.2) is 62.4 Å². The van der Waals surface area contributed by atoms with E-state index >= 15 is 0 Å². The third kappa shape index (κ3) is 4.21. The second-order valence-corrected chi connectivity index (χ2v) is 6.83. The molecule has 1 unspecified atom stereocenters. The van der Waals surface area contributed by atoms with Crippen LogP contribution in [0.5, 0.6) is 0 Å². The summed E-state index contributed by atoms with van der Waals surface area (Å²) in [6.45, 7) is 1.31. The van der Waals surface area contributed by atoms with E-state index in [-0.39, 0.29) is 24.3 Å². The summed E-state index contributed by atoms with van der Waals surface area (Å²) in [5.74, 6) is 0.517. The summed E-state index contributed by atoms with van der Waals surface area (Å²) in [5, 5.41) is 18.0. The highest BCUT2D eigenvalue weighted by Crippen LogP contribution is 2.26. The summed E-state index contributed by atoms with van der Waals surface area (Å²) in [7, 11) is 1.77. The zero-order chi connectivity index (χ0) is 20.1. The topological polar surface area (TPSA) is 131 Å². The number of amides is 2. The highest BCUT2D eigenvalue weighted by atomic mass is 16.5. The molecule has 3 heterocycles. The number of nitrogens with one attached hydrogen (secondary N) is 1. The van der Waals surface area contributed by atoms with Crippen LogP contribution in [0, 0.1) is 0 Å². The number of carbonyl (C=O) groups is 3. The van der Waals surface area contributed by atoms with Gasteiger partial charge in [0.05, 0.1) is 0 Å². The number of fused-ring (bicyclic) bond motifs is 1. The van der Waals surface area contributed by atoms with E-state index in [9.17, 15) is 9.59 Å². The monoisotopic (exact) mass is 389 g/mol. The van der Waals surface area contributed by atoms with E-state index in [1.165, 1.54) is 0 Å². The first kappa shape index (κ1) is 19.6. The molecule has 2 amide bonds. The predicted molar refractivity (Wildman–Crippen MR) is 96.8 cm³/mol. The fourth-order valence-corrected chi connectivity index (χ4v) is 3.56. The molecule has 2 aromatic rings. The van der Waals surface area contributed by atoms with Crippen LogP contribution < -0.4 is 5.32 Å². The molecule has 1 saturated heterocycles. The minimum atomic E-state index is -0.250. The van der Waals surface area contributed by atoms with Gasteiger partial charge in [-0.1, -0.05) is 5.16 Å². The highest BCUT2D eigenvalue weighted by molar-refractivity contribution is 5.94. The Morgan fingerprint density at radius 1 is 1.36 bits per heavy atom. The standard InChI is InChI=1S/C17H21N5O3.CH2O2/c1-21-9-6-13(19-21)16(23)18-11-4-5-14-12(10-11)15(20-25-14)17(24)22-7-2-3-8-22;2-1-3/h6,9,11H,2-5,7-8,10H2,1H3,(H,18,23);1H,(H,2,3). The quantitative estimate of drug-likeness (QED) is 0.736. The molecule has 0 spiro atoms. The summed E-state index contributed by atoms with van der Waals surface area (Å²) < 4.78 is 6.98. The number of carboxylic acid groups (broad SMARTS) is 1. The normalized spacial score (nSPS) is 18.0. The molecule has 2 aromatic heterocycles. The van der Waals surface area contributed by atoms with Gasteiger partial charge in [-0.3, -0.25) is 19.1 Å². The van der Waals surface area contributed by atoms with Gasteiger partial charge in [-0.2, -0.15) is 5.10 Å². The van der Waals surface area contributed by atoms with Gasteiger partial charge in [0.25, 0.3) is 18.3 Å². The van der Waals surface area contributed by atoms with Crippen LogP contribution in [0.3, 0.4) is 0 Å². The summed E-state index contributed by atoms with van der Waals surface area (Å²) in [4.78, 5) is 35.1. The molecule has 0 bridgehead atoms. The molecule has 1 fully saturated rings. The Hall–Kier alpha value is -3.17. The average molecular weight is 389 g/mol. The number of nitrogens with zero attached hydrogens (tertiary/aromatic N) is 4. The lowest BCUT2D eigenvalue weighted by Crippen LogP contribution is -2.39. The van der Waals surface area contributed by atoms with Crippen molar-refractivity contribution >= 4 is 18.3 Å². The van der Waals surface area contributed by atoms with Gasteiger partial charge < -0.3 is 19.8 Å². The van der Waals surface area contributed by atoms with Crippen LogP contribution in [0.25, 0.3) is 0 Å². The molecule has 10 nitrogen and oxygen atoms in total. The lowest BCUT2D eigenvalue weighted by Gasteiger charge is -2.22. The van der Waals surface area contributed by atoms with Gasteiger partial charge in [0, 0.05) is 44.4 Å². The fourth-order valence-electron chi connectivity index (χ4n) is 3.56. The Morgan fingerprint density at radius 2 is 2.07 bits per heavy atom. The Bertz CT molecular complexity index is 852. The number of rotatable bonds is 3. The Kier molecular flexibility index (Phi) is 6.07. The second-order valence-electron chi connectivity index (χ2n) is 6.83. The fraction of sp³-hybridized carbons (Fsp3) is 0.500. The third-order valence-electron chi connectivity index (χ3n) is 4.92. The lowest BCUT2D eigenvalue weighted by molar-refractivity contribution is -0.122. The van der Waals surface area contributed by atoms with E-state index in [4.69, 9.17) is 14.4 Å². The number of aromatic nitrogens is 3.